The maximum absolute atomic E-state index is 13.0. The molecule has 1 heterocycles. The fourth-order valence-corrected chi connectivity index (χ4v) is 5.00. The van der Waals surface area contributed by atoms with Crippen LogP contribution in [0, 0.1) is 11.3 Å². The van der Waals surface area contributed by atoms with Crippen molar-refractivity contribution in [2.45, 2.75) is 37.9 Å². The highest BCUT2D eigenvalue weighted by atomic mass is 32.2. The highest BCUT2D eigenvalue weighted by Crippen LogP contribution is 2.44. The average Bonchev–Trinajstić information content (AvgIpc) is 3.11. The minimum atomic E-state index is -0.233. The van der Waals surface area contributed by atoms with Gasteiger partial charge < -0.3 is 15.4 Å². The molecule has 2 fully saturated rings. The summed E-state index contributed by atoms with van der Waals surface area (Å²) < 4.78 is 4.65. The molecule has 142 valence electrons. The lowest BCUT2D eigenvalue weighted by Gasteiger charge is -2.37. The zero-order valence-corrected chi connectivity index (χ0v) is 16.2. The van der Waals surface area contributed by atoms with Crippen molar-refractivity contribution in [3.8, 4) is 0 Å². The van der Waals surface area contributed by atoms with Crippen LogP contribution in [0.1, 0.15) is 37.7 Å². The number of benzene rings is 1. The second-order valence-electron chi connectivity index (χ2n) is 7.26. The molecule has 6 heteroatoms. The molecule has 1 amide bonds. The van der Waals surface area contributed by atoms with Gasteiger partial charge in [-0.3, -0.25) is 9.59 Å². The minimum absolute atomic E-state index is 0.169. The third-order valence-electron chi connectivity index (χ3n) is 5.62. The van der Waals surface area contributed by atoms with E-state index in [9.17, 15) is 9.59 Å². The van der Waals surface area contributed by atoms with Gasteiger partial charge in [-0.25, -0.2) is 0 Å². The largest absolute Gasteiger partial charge is 0.469 e. The molecule has 0 aromatic heterocycles. The van der Waals surface area contributed by atoms with Gasteiger partial charge in [0.1, 0.15) is 0 Å². The average molecular weight is 377 g/mol. The lowest BCUT2D eigenvalue weighted by atomic mass is 9.67. The number of hydrogen-bond acceptors (Lipinski definition) is 5. The second-order valence-corrected chi connectivity index (χ2v) is 8.37. The number of ether oxygens (including phenoxy) is 1. The molecule has 0 unspecified atom stereocenters. The molecule has 1 aliphatic carbocycles. The number of methoxy groups -OCH3 is 1. The Hall–Kier alpha value is -1.53. The van der Waals surface area contributed by atoms with Crippen LogP contribution in [0.2, 0.25) is 0 Å². The number of anilines is 1. The van der Waals surface area contributed by atoms with E-state index in [1.165, 1.54) is 13.5 Å². The van der Waals surface area contributed by atoms with Crippen molar-refractivity contribution in [1.82, 2.24) is 5.32 Å². The fraction of sp³-hybridized carbons (Fsp3) is 0.600. The Kier molecular flexibility index (Phi) is 6.59. The molecule has 1 aromatic rings. The van der Waals surface area contributed by atoms with Crippen molar-refractivity contribution in [3.05, 3.63) is 29.8 Å². The summed E-state index contributed by atoms with van der Waals surface area (Å²) in [6, 6.07) is 8.03. The van der Waals surface area contributed by atoms with Crippen LogP contribution in [0.3, 0.4) is 0 Å². The first kappa shape index (κ1) is 19.2. The summed E-state index contributed by atoms with van der Waals surface area (Å²) in [6.45, 7) is 1.76. The Balaban J connectivity index is 1.56. The summed E-state index contributed by atoms with van der Waals surface area (Å²) in [7, 11) is 1.41. The number of rotatable bonds is 7. The zero-order chi connectivity index (χ0) is 18.4. The van der Waals surface area contributed by atoms with Crippen molar-refractivity contribution in [2.75, 3.05) is 31.3 Å². The van der Waals surface area contributed by atoms with Crippen LogP contribution in [-0.4, -0.2) is 37.8 Å². The van der Waals surface area contributed by atoms with E-state index in [0.717, 1.165) is 55.1 Å². The van der Waals surface area contributed by atoms with Gasteiger partial charge in [-0.1, -0.05) is 25.0 Å². The Morgan fingerprint density at radius 1 is 1.38 bits per heavy atom. The number of thioether (sulfide) groups is 1. The van der Waals surface area contributed by atoms with Crippen LogP contribution in [0.5, 0.6) is 0 Å². The molecule has 1 saturated carbocycles. The topological polar surface area (TPSA) is 67.4 Å². The molecule has 1 aliphatic heterocycles. The van der Waals surface area contributed by atoms with Crippen molar-refractivity contribution >= 4 is 29.3 Å². The van der Waals surface area contributed by atoms with Gasteiger partial charge in [-0.15, -0.1) is 0 Å². The van der Waals surface area contributed by atoms with Crippen LogP contribution in [0.25, 0.3) is 0 Å². The molecule has 3 rings (SSSR count). The Morgan fingerprint density at radius 2 is 2.27 bits per heavy atom. The first-order valence-corrected chi connectivity index (χ1v) is 10.6. The van der Waals surface area contributed by atoms with Gasteiger partial charge in [0.15, 0.2) is 0 Å². The second kappa shape index (κ2) is 8.91. The molecule has 0 radical (unpaired) electrons. The summed E-state index contributed by atoms with van der Waals surface area (Å²) in [6.07, 6.45) is 4.94. The number of esters is 1. The Bertz CT molecular complexity index is 652. The van der Waals surface area contributed by atoms with E-state index in [4.69, 9.17) is 0 Å². The quantitative estimate of drug-likeness (QED) is 0.565. The van der Waals surface area contributed by atoms with E-state index in [-0.39, 0.29) is 17.3 Å². The van der Waals surface area contributed by atoms with E-state index >= 15 is 0 Å². The highest BCUT2D eigenvalue weighted by Gasteiger charge is 2.49. The zero-order valence-electron chi connectivity index (χ0n) is 15.4. The lowest BCUT2D eigenvalue weighted by Crippen LogP contribution is -2.44. The molecule has 2 N–H and O–H groups in total. The third-order valence-corrected chi connectivity index (χ3v) is 6.65. The van der Waals surface area contributed by atoms with Gasteiger partial charge in [-0.2, -0.15) is 11.8 Å². The minimum Gasteiger partial charge on any atom is -0.469 e. The molecular formula is C20H28N2O3S. The molecule has 1 saturated heterocycles. The summed E-state index contributed by atoms with van der Waals surface area (Å²) >= 11 is 1.70. The van der Waals surface area contributed by atoms with Crippen molar-refractivity contribution in [2.24, 2.45) is 11.3 Å². The predicted octanol–water partition coefficient (Wildman–Crippen LogP) is 3.20. The molecule has 2 aliphatic rings. The molecule has 26 heavy (non-hydrogen) atoms. The van der Waals surface area contributed by atoms with Gasteiger partial charge in [0.2, 0.25) is 5.91 Å². The number of hydrogen-bond donors (Lipinski definition) is 2. The monoisotopic (exact) mass is 376 g/mol. The van der Waals surface area contributed by atoms with Crippen LogP contribution >= 0.6 is 11.8 Å². The highest BCUT2D eigenvalue weighted by molar-refractivity contribution is 7.98. The number of carbonyl (C=O) groups excluding carboxylic acids is 2. The lowest BCUT2D eigenvalue weighted by molar-refractivity contribution is -0.140. The molecule has 1 aromatic carbocycles. The Labute approximate surface area is 159 Å². The van der Waals surface area contributed by atoms with E-state index in [1.807, 2.05) is 18.2 Å². The van der Waals surface area contributed by atoms with E-state index < -0.39 is 0 Å². The fourth-order valence-electron chi connectivity index (χ4n) is 4.13. The molecular weight excluding hydrogens is 348 g/mol. The predicted molar refractivity (Wildman–Crippen MR) is 105 cm³/mol. The van der Waals surface area contributed by atoms with Gasteiger partial charge in [0.05, 0.1) is 18.9 Å². The summed E-state index contributed by atoms with van der Waals surface area (Å²) in [4.78, 5) is 24.2. The summed E-state index contributed by atoms with van der Waals surface area (Å²) in [5.41, 5.74) is 1.79. The number of nitrogens with one attached hydrogen (secondary N) is 2. The Morgan fingerprint density at radius 3 is 3.12 bits per heavy atom. The number of carbonyl (C=O) groups is 2. The van der Waals surface area contributed by atoms with Gasteiger partial charge in [-0.05, 0) is 43.0 Å². The van der Waals surface area contributed by atoms with Crippen molar-refractivity contribution in [3.63, 3.8) is 0 Å². The molecule has 0 spiro atoms. The van der Waals surface area contributed by atoms with Gasteiger partial charge >= 0.3 is 5.97 Å². The van der Waals surface area contributed by atoms with Crippen LogP contribution < -0.4 is 10.6 Å². The third kappa shape index (κ3) is 4.41. The van der Waals surface area contributed by atoms with Gasteiger partial charge in [0, 0.05) is 23.7 Å². The molecule has 0 bridgehead atoms. The first-order valence-electron chi connectivity index (χ1n) is 9.40. The number of amides is 1. The normalized spacial score (nSPS) is 24.7. The number of fused-ring (bicyclic) bond motifs is 1. The molecule has 5 nitrogen and oxygen atoms in total. The summed E-state index contributed by atoms with van der Waals surface area (Å²) in [5, 5.41) is 6.60. The van der Waals surface area contributed by atoms with Crippen molar-refractivity contribution < 1.29 is 14.3 Å². The van der Waals surface area contributed by atoms with Crippen molar-refractivity contribution in [1.29, 1.82) is 0 Å². The first-order chi connectivity index (χ1) is 12.6. The standard InChI is InChI=1S/C20H28N2O3S/c1-25-18(23)8-10-26-13-15-5-4-7-17(11-15)22-19(24)20-9-3-2-6-16(20)12-21-14-20/h4-5,7,11,16,21H,2-3,6,8-10,12-14H2,1H3,(H,22,24)/t16-,20+/m0/s1. The van der Waals surface area contributed by atoms with Gasteiger partial charge in [0.25, 0.3) is 0 Å². The van der Waals surface area contributed by atoms with E-state index in [2.05, 4.69) is 21.4 Å². The maximum atomic E-state index is 13.0. The molecule has 2 atom stereocenters. The maximum Gasteiger partial charge on any atom is 0.306 e. The van der Waals surface area contributed by atoms with Crippen LogP contribution in [0.15, 0.2) is 24.3 Å². The van der Waals surface area contributed by atoms with Crippen LogP contribution in [-0.2, 0) is 20.1 Å². The van der Waals surface area contributed by atoms with E-state index in [0.29, 0.717) is 12.3 Å². The van der Waals surface area contributed by atoms with Crippen LogP contribution in [0.4, 0.5) is 5.69 Å². The SMILES string of the molecule is COC(=O)CCSCc1cccc(NC(=O)[C@@]23CCCC[C@H]2CNC3)c1. The van der Waals surface area contributed by atoms with E-state index in [1.54, 1.807) is 11.8 Å². The summed E-state index contributed by atoms with van der Waals surface area (Å²) in [5.74, 6) is 2.01. The smallest absolute Gasteiger partial charge is 0.306 e.